The van der Waals surface area contributed by atoms with Gasteiger partial charge in [0.15, 0.2) is 6.61 Å². The largest absolute Gasteiger partial charge is 0.484 e. The molecule has 0 spiro atoms. The van der Waals surface area contributed by atoms with Crippen LogP contribution in [0.2, 0.25) is 0 Å². The van der Waals surface area contributed by atoms with Gasteiger partial charge >= 0.3 is 0 Å². The predicted molar refractivity (Wildman–Crippen MR) is 110 cm³/mol. The van der Waals surface area contributed by atoms with Crippen molar-refractivity contribution in [2.75, 3.05) is 29.0 Å². The number of anilines is 2. The SMILES string of the molecule is CS(=O)(=O)Nc1cccc(CNC(=O)COc2ccc(N3CCCC3=O)cc2)c1. The molecule has 0 unspecified atom stereocenters. The quantitative estimate of drug-likeness (QED) is 0.682. The van der Waals surface area contributed by atoms with Crippen molar-refractivity contribution in [3.05, 3.63) is 54.1 Å². The summed E-state index contributed by atoms with van der Waals surface area (Å²) in [5, 5.41) is 2.73. The zero-order valence-corrected chi connectivity index (χ0v) is 16.9. The maximum Gasteiger partial charge on any atom is 0.258 e. The van der Waals surface area contributed by atoms with Crippen molar-refractivity contribution >= 4 is 33.2 Å². The molecule has 2 aromatic rings. The number of hydrogen-bond acceptors (Lipinski definition) is 5. The first-order chi connectivity index (χ1) is 13.8. The second-order valence-electron chi connectivity index (χ2n) is 6.78. The number of rotatable bonds is 8. The highest BCUT2D eigenvalue weighted by molar-refractivity contribution is 7.92. The highest BCUT2D eigenvalue weighted by Gasteiger charge is 2.21. The van der Waals surface area contributed by atoms with E-state index in [1.54, 1.807) is 53.4 Å². The van der Waals surface area contributed by atoms with Gasteiger partial charge in [0.25, 0.3) is 5.91 Å². The molecule has 1 heterocycles. The summed E-state index contributed by atoms with van der Waals surface area (Å²) in [6.07, 6.45) is 2.52. The summed E-state index contributed by atoms with van der Waals surface area (Å²) in [5.74, 6) is 0.356. The number of hydrogen-bond donors (Lipinski definition) is 2. The minimum absolute atomic E-state index is 0.119. The normalized spacial score (nSPS) is 14.0. The van der Waals surface area contributed by atoms with Crippen LogP contribution in [0.25, 0.3) is 0 Å². The molecule has 29 heavy (non-hydrogen) atoms. The summed E-state index contributed by atoms with van der Waals surface area (Å²) in [6.45, 7) is 0.823. The molecule has 3 rings (SSSR count). The molecule has 2 N–H and O–H groups in total. The van der Waals surface area contributed by atoms with E-state index in [-0.39, 0.29) is 25.0 Å². The van der Waals surface area contributed by atoms with Crippen LogP contribution < -0.4 is 19.7 Å². The van der Waals surface area contributed by atoms with E-state index in [4.69, 9.17) is 4.74 Å². The van der Waals surface area contributed by atoms with E-state index in [2.05, 4.69) is 10.0 Å². The van der Waals surface area contributed by atoms with E-state index in [1.165, 1.54) is 0 Å². The number of sulfonamides is 1. The molecule has 1 saturated heterocycles. The molecule has 0 aliphatic carbocycles. The summed E-state index contributed by atoms with van der Waals surface area (Å²) in [7, 11) is -3.36. The van der Waals surface area contributed by atoms with Gasteiger partial charge in [-0.2, -0.15) is 0 Å². The van der Waals surface area contributed by atoms with E-state index in [0.717, 1.165) is 30.5 Å². The second kappa shape index (κ2) is 8.95. The Morgan fingerprint density at radius 3 is 2.59 bits per heavy atom. The Labute approximate surface area is 169 Å². The number of amides is 2. The van der Waals surface area contributed by atoms with Crippen LogP contribution in [0, 0.1) is 0 Å². The van der Waals surface area contributed by atoms with Gasteiger partial charge in [-0.25, -0.2) is 8.42 Å². The number of benzene rings is 2. The van der Waals surface area contributed by atoms with E-state index >= 15 is 0 Å². The molecule has 1 fully saturated rings. The molecule has 8 nitrogen and oxygen atoms in total. The molecule has 1 aliphatic heterocycles. The molecular formula is C20H23N3O5S. The van der Waals surface area contributed by atoms with Crippen LogP contribution in [0.4, 0.5) is 11.4 Å². The lowest BCUT2D eigenvalue weighted by atomic mass is 10.2. The van der Waals surface area contributed by atoms with Gasteiger partial charge < -0.3 is 15.0 Å². The van der Waals surface area contributed by atoms with Gasteiger partial charge in [-0.05, 0) is 48.4 Å². The van der Waals surface area contributed by atoms with Crippen LogP contribution in [-0.2, 0) is 26.2 Å². The summed E-state index contributed by atoms with van der Waals surface area (Å²) < 4.78 is 30.5. The first-order valence-electron chi connectivity index (χ1n) is 9.17. The Morgan fingerprint density at radius 2 is 1.93 bits per heavy atom. The van der Waals surface area contributed by atoms with Gasteiger partial charge in [-0.15, -0.1) is 0 Å². The van der Waals surface area contributed by atoms with Crippen molar-refractivity contribution < 1.29 is 22.7 Å². The molecule has 0 atom stereocenters. The smallest absolute Gasteiger partial charge is 0.258 e. The fraction of sp³-hybridized carbons (Fsp3) is 0.300. The monoisotopic (exact) mass is 417 g/mol. The lowest BCUT2D eigenvalue weighted by Gasteiger charge is -2.16. The van der Waals surface area contributed by atoms with E-state index in [1.807, 2.05) is 0 Å². The lowest BCUT2D eigenvalue weighted by Crippen LogP contribution is -2.28. The third-order valence-corrected chi connectivity index (χ3v) is 4.92. The maximum atomic E-state index is 12.0. The minimum Gasteiger partial charge on any atom is -0.484 e. The molecule has 1 aliphatic rings. The van der Waals surface area contributed by atoms with E-state index in [0.29, 0.717) is 17.9 Å². The summed E-state index contributed by atoms with van der Waals surface area (Å²) in [6, 6.07) is 13.8. The van der Waals surface area contributed by atoms with Gasteiger partial charge in [0.1, 0.15) is 5.75 Å². The van der Waals surface area contributed by atoms with Gasteiger partial charge in [0.05, 0.1) is 6.26 Å². The van der Waals surface area contributed by atoms with Crippen molar-refractivity contribution in [2.45, 2.75) is 19.4 Å². The lowest BCUT2D eigenvalue weighted by molar-refractivity contribution is -0.123. The van der Waals surface area contributed by atoms with E-state index < -0.39 is 10.0 Å². The molecule has 0 aromatic heterocycles. The fourth-order valence-electron chi connectivity index (χ4n) is 3.00. The number of nitrogens with zero attached hydrogens (tertiary/aromatic N) is 1. The average molecular weight is 417 g/mol. The standard InChI is InChI=1S/C20H23N3O5S/c1-29(26,27)22-16-5-2-4-15(12-16)13-21-19(24)14-28-18-9-7-17(8-10-18)23-11-3-6-20(23)25/h2,4-5,7-10,12,22H,3,6,11,13-14H2,1H3,(H,21,24). The number of carbonyl (C=O) groups excluding carboxylic acids is 2. The topological polar surface area (TPSA) is 105 Å². The number of carbonyl (C=O) groups is 2. The van der Waals surface area contributed by atoms with Crippen LogP contribution in [-0.4, -0.2) is 39.6 Å². The van der Waals surface area contributed by atoms with Crippen LogP contribution in [0.3, 0.4) is 0 Å². The van der Waals surface area contributed by atoms with Crippen molar-refractivity contribution in [2.24, 2.45) is 0 Å². The van der Waals surface area contributed by atoms with Crippen molar-refractivity contribution in [1.29, 1.82) is 0 Å². The summed E-state index contributed by atoms with van der Waals surface area (Å²) >= 11 is 0. The molecule has 154 valence electrons. The van der Waals surface area contributed by atoms with Gasteiger partial charge in [-0.3, -0.25) is 14.3 Å². The summed E-state index contributed by atoms with van der Waals surface area (Å²) in [4.78, 5) is 25.5. The Balaban J connectivity index is 1.46. The Kier molecular flexibility index (Phi) is 6.38. The summed E-state index contributed by atoms with van der Waals surface area (Å²) in [5.41, 5.74) is 2.02. The first-order valence-corrected chi connectivity index (χ1v) is 11.1. The van der Waals surface area contributed by atoms with Crippen LogP contribution in [0.5, 0.6) is 5.75 Å². The molecule has 0 radical (unpaired) electrons. The van der Waals surface area contributed by atoms with Crippen molar-refractivity contribution in [3.63, 3.8) is 0 Å². The molecule has 9 heteroatoms. The van der Waals surface area contributed by atoms with Crippen LogP contribution in [0.1, 0.15) is 18.4 Å². The molecule has 0 saturated carbocycles. The van der Waals surface area contributed by atoms with Crippen molar-refractivity contribution in [1.82, 2.24) is 5.32 Å². The van der Waals surface area contributed by atoms with E-state index in [9.17, 15) is 18.0 Å². The predicted octanol–water partition coefficient (Wildman–Crippen LogP) is 1.88. The minimum atomic E-state index is -3.36. The molecular weight excluding hydrogens is 394 g/mol. The number of nitrogens with one attached hydrogen (secondary N) is 2. The van der Waals surface area contributed by atoms with Crippen LogP contribution >= 0.6 is 0 Å². The highest BCUT2D eigenvalue weighted by Crippen LogP contribution is 2.23. The Morgan fingerprint density at radius 1 is 1.17 bits per heavy atom. The average Bonchev–Trinajstić information content (AvgIpc) is 3.10. The molecule has 2 aromatic carbocycles. The third-order valence-electron chi connectivity index (χ3n) is 4.31. The zero-order valence-electron chi connectivity index (χ0n) is 16.1. The first kappa shape index (κ1) is 20.7. The van der Waals surface area contributed by atoms with Crippen molar-refractivity contribution in [3.8, 4) is 5.75 Å². The Hall–Kier alpha value is -3.07. The molecule has 0 bridgehead atoms. The second-order valence-corrected chi connectivity index (χ2v) is 8.53. The third kappa shape index (κ3) is 6.21. The highest BCUT2D eigenvalue weighted by atomic mass is 32.2. The fourth-order valence-corrected chi connectivity index (χ4v) is 3.56. The van der Waals surface area contributed by atoms with Gasteiger partial charge in [0, 0.05) is 30.9 Å². The Bertz CT molecular complexity index is 989. The number of ether oxygens (including phenoxy) is 1. The van der Waals surface area contributed by atoms with Gasteiger partial charge in [0.2, 0.25) is 15.9 Å². The van der Waals surface area contributed by atoms with Gasteiger partial charge in [-0.1, -0.05) is 12.1 Å². The zero-order chi connectivity index (χ0) is 20.9. The molecule has 2 amide bonds. The maximum absolute atomic E-state index is 12.0. The van der Waals surface area contributed by atoms with Crippen LogP contribution in [0.15, 0.2) is 48.5 Å².